The average Bonchev–Trinajstić information content (AvgIpc) is 2.74. The van der Waals surface area contributed by atoms with Crippen molar-refractivity contribution in [3.05, 3.63) is 73.8 Å². The molecule has 4 rings (SSSR count). The van der Waals surface area contributed by atoms with Crippen molar-refractivity contribution < 1.29 is 17.9 Å². The molecule has 0 atom stereocenters. The van der Waals surface area contributed by atoms with Gasteiger partial charge >= 0.3 is 17.5 Å². The van der Waals surface area contributed by atoms with Gasteiger partial charge in [-0.2, -0.15) is 0 Å². The maximum absolute atomic E-state index is 12.8. The number of benzene rings is 2. The molecule has 0 unspecified atom stereocenters. The number of nitrogens with zero attached hydrogens (tertiary/aromatic N) is 3. The van der Waals surface area contributed by atoms with Gasteiger partial charge in [-0.25, -0.2) is 0 Å². The molecule has 0 spiro atoms. The number of likely N-dealkylation sites (tertiary alicyclic amines) is 1. The van der Waals surface area contributed by atoms with E-state index in [-0.39, 0.29) is 11.8 Å². The molecule has 2 aromatic carbocycles. The van der Waals surface area contributed by atoms with Crippen molar-refractivity contribution in [3.63, 3.8) is 0 Å². The van der Waals surface area contributed by atoms with Gasteiger partial charge in [-0.3, -0.25) is 19.1 Å². The number of hydrogen-bond donors (Lipinski definition) is 0. The zero-order valence-electron chi connectivity index (χ0n) is 17.2. The Morgan fingerprint density at radius 3 is 2.28 bits per heavy atom. The zero-order valence-corrected chi connectivity index (χ0v) is 18.0. The van der Waals surface area contributed by atoms with Gasteiger partial charge in [-0.05, 0) is 48.7 Å². The third kappa shape index (κ3) is 4.68. The number of piperidine rings is 1. The highest BCUT2D eigenvalue weighted by molar-refractivity contribution is 6.31. The lowest BCUT2D eigenvalue weighted by atomic mass is 10.0. The summed E-state index contributed by atoms with van der Waals surface area (Å²) in [4.78, 5) is 27.4. The number of halogens is 4. The highest BCUT2D eigenvalue weighted by atomic mass is 35.5. The molecule has 1 saturated heterocycles. The Morgan fingerprint density at radius 2 is 1.66 bits per heavy atom. The summed E-state index contributed by atoms with van der Waals surface area (Å²) < 4.78 is 43.7. The molecular formula is C22H21ClF3N3O3. The fourth-order valence-electron chi connectivity index (χ4n) is 4.19. The number of aromatic nitrogens is 2. The van der Waals surface area contributed by atoms with E-state index in [9.17, 15) is 22.8 Å². The molecule has 1 aromatic heterocycles. The maximum atomic E-state index is 12.8. The van der Waals surface area contributed by atoms with Gasteiger partial charge in [-0.1, -0.05) is 23.7 Å². The van der Waals surface area contributed by atoms with Crippen LogP contribution in [0.4, 0.5) is 13.2 Å². The van der Waals surface area contributed by atoms with E-state index in [4.69, 9.17) is 11.6 Å². The van der Waals surface area contributed by atoms with Crippen LogP contribution in [0, 0.1) is 0 Å². The van der Waals surface area contributed by atoms with Gasteiger partial charge in [0.15, 0.2) is 0 Å². The Kier molecular flexibility index (Phi) is 6.05. The lowest BCUT2D eigenvalue weighted by Gasteiger charge is -2.33. The Balaban J connectivity index is 1.48. The topological polar surface area (TPSA) is 56.5 Å². The largest absolute Gasteiger partial charge is 0.573 e. The summed E-state index contributed by atoms with van der Waals surface area (Å²) in [5.41, 5.74) is 0.985. The molecule has 0 amide bonds. The third-order valence-corrected chi connectivity index (χ3v) is 5.99. The van der Waals surface area contributed by atoms with Crippen molar-refractivity contribution in [2.24, 2.45) is 7.05 Å². The smallest absolute Gasteiger partial charge is 0.406 e. The Hall–Kier alpha value is -2.78. The van der Waals surface area contributed by atoms with Crippen LogP contribution in [0.15, 0.2) is 52.1 Å². The average molecular weight is 468 g/mol. The number of ether oxygens (including phenoxy) is 1. The molecule has 6 nitrogen and oxygen atoms in total. The minimum Gasteiger partial charge on any atom is -0.406 e. The van der Waals surface area contributed by atoms with E-state index in [0.717, 1.165) is 5.56 Å². The van der Waals surface area contributed by atoms with E-state index in [1.165, 1.54) is 16.7 Å². The van der Waals surface area contributed by atoms with Crippen LogP contribution in [0.2, 0.25) is 5.02 Å². The van der Waals surface area contributed by atoms with Gasteiger partial charge in [-0.15, -0.1) is 13.2 Å². The predicted molar refractivity (Wildman–Crippen MR) is 115 cm³/mol. The van der Waals surface area contributed by atoms with Crippen molar-refractivity contribution in [2.45, 2.75) is 31.8 Å². The molecule has 0 aliphatic carbocycles. The van der Waals surface area contributed by atoms with E-state index < -0.39 is 17.5 Å². The minimum atomic E-state index is -4.71. The first kappa shape index (κ1) is 22.4. The monoisotopic (exact) mass is 467 g/mol. The second-order valence-electron chi connectivity index (χ2n) is 7.87. The highest BCUT2D eigenvalue weighted by Crippen LogP contribution is 2.27. The van der Waals surface area contributed by atoms with Crippen molar-refractivity contribution in [1.82, 2.24) is 14.0 Å². The number of hydrogen-bond acceptors (Lipinski definition) is 4. The first-order valence-electron chi connectivity index (χ1n) is 10.1. The fourth-order valence-corrected chi connectivity index (χ4v) is 4.35. The molecule has 170 valence electrons. The van der Waals surface area contributed by atoms with E-state index in [1.807, 2.05) is 0 Å². The van der Waals surface area contributed by atoms with Crippen molar-refractivity contribution in [2.75, 3.05) is 13.1 Å². The number of fused-ring (bicyclic) bond motifs is 1. The molecular weight excluding hydrogens is 447 g/mol. The summed E-state index contributed by atoms with van der Waals surface area (Å²) >= 11 is 6.09. The second kappa shape index (κ2) is 8.63. The molecule has 1 fully saturated rings. The lowest BCUT2D eigenvalue weighted by molar-refractivity contribution is -0.274. The summed E-state index contributed by atoms with van der Waals surface area (Å²) in [6.45, 7) is 1.94. The summed E-state index contributed by atoms with van der Waals surface area (Å²) in [6.07, 6.45) is -3.38. The molecule has 2 heterocycles. The van der Waals surface area contributed by atoms with E-state index in [1.54, 1.807) is 41.9 Å². The Labute approximate surface area is 186 Å². The van der Waals surface area contributed by atoms with E-state index in [0.29, 0.717) is 48.5 Å². The van der Waals surface area contributed by atoms with Gasteiger partial charge in [0, 0.05) is 37.7 Å². The van der Waals surface area contributed by atoms with E-state index in [2.05, 4.69) is 9.64 Å². The standard InChI is InChI=1S/C22H21ClF3N3O3/c1-27-19-12-15(23)4-7-18(19)29(21(31)20(27)30)16-8-10-28(11-9-16)13-14-2-5-17(6-3-14)32-22(24,25)26/h2-7,12,16H,8-11,13H2,1H3. The van der Waals surface area contributed by atoms with Gasteiger partial charge < -0.3 is 9.30 Å². The molecule has 1 aliphatic rings. The first-order valence-corrected chi connectivity index (χ1v) is 10.5. The molecule has 10 heteroatoms. The highest BCUT2D eigenvalue weighted by Gasteiger charge is 2.31. The quantitative estimate of drug-likeness (QED) is 0.542. The van der Waals surface area contributed by atoms with Gasteiger partial charge in [0.05, 0.1) is 11.0 Å². The predicted octanol–water partition coefficient (Wildman–Crippen LogP) is 4.09. The van der Waals surface area contributed by atoms with Crippen LogP contribution in [0.3, 0.4) is 0 Å². The number of alkyl halides is 3. The summed E-state index contributed by atoms with van der Waals surface area (Å²) in [5, 5.41) is 0.485. The fraction of sp³-hybridized carbons (Fsp3) is 0.364. The number of aryl methyl sites for hydroxylation is 1. The summed E-state index contributed by atoms with van der Waals surface area (Å²) in [7, 11) is 1.56. The van der Waals surface area contributed by atoms with E-state index >= 15 is 0 Å². The molecule has 32 heavy (non-hydrogen) atoms. The third-order valence-electron chi connectivity index (χ3n) is 5.75. The Morgan fingerprint density at radius 1 is 1.00 bits per heavy atom. The van der Waals surface area contributed by atoms with Crippen LogP contribution in [-0.2, 0) is 13.6 Å². The van der Waals surface area contributed by atoms with Crippen LogP contribution >= 0.6 is 11.6 Å². The van der Waals surface area contributed by atoms with Gasteiger partial charge in [0.1, 0.15) is 5.75 Å². The van der Waals surface area contributed by atoms with Crippen LogP contribution in [-0.4, -0.2) is 33.5 Å². The maximum Gasteiger partial charge on any atom is 0.573 e. The molecule has 0 N–H and O–H groups in total. The van der Waals surface area contributed by atoms with Crippen LogP contribution in [0.5, 0.6) is 5.75 Å². The Bertz CT molecular complexity index is 1240. The minimum absolute atomic E-state index is 0.126. The van der Waals surface area contributed by atoms with Crippen molar-refractivity contribution >= 4 is 22.6 Å². The molecule has 0 radical (unpaired) electrons. The van der Waals surface area contributed by atoms with Crippen LogP contribution < -0.4 is 15.9 Å². The van der Waals surface area contributed by atoms with Crippen LogP contribution in [0.1, 0.15) is 24.4 Å². The van der Waals surface area contributed by atoms with Gasteiger partial charge in [0.2, 0.25) is 0 Å². The number of rotatable bonds is 4. The molecule has 3 aromatic rings. The molecule has 0 bridgehead atoms. The normalized spacial score (nSPS) is 15.9. The van der Waals surface area contributed by atoms with Gasteiger partial charge in [0.25, 0.3) is 0 Å². The summed E-state index contributed by atoms with van der Waals surface area (Å²) in [5.74, 6) is -0.253. The lowest BCUT2D eigenvalue weighted by Crippen LogP contribution is -2.44. The van der Waals surface area contributed by atoms with Crippen molar-refractivity contribution in [3.8, 4) is 5.75 Å². The van der Waals surface area contributed by atoms with Crippen molar-refractivity contribution in [1.29, 1.82) is 0 Å². The first-order chi connectivity index (χ1) is 15.1. The molecule has 1 aliphatic heterocycles. The summed E-state index contributed by atoms with van der Waals surface area (Å²) in [6, 6.07) is 10.8. The molecule has 0 saturated carbocycles. The zero-order chi connectivity index (χ0) is 23.0. The van der Waals surface area contributed by atoms with Crippen LogP contribution in [0.25, 0.3) is 11.0 Å². The SMILES string of the molecule is Cn1c(=O)c(=O)n(C2CCN(Cc3ccc(OC(F)(F)F)cc3)CC2)c2ccc(Cl)cc21. The second-order valence-corrected chi connectivity index (χ2v) is 8.31.